The molecule has 1 N–H and O–H groups in total. The summed E-state index contributed by atoms with van der Waals surface area (Å²) in [5.74, 6) is -0.619. The molecule has 2 atom stereocenters. The number of nitrogens with one attached hydrogen (secondary N) is 1. The smallest absolute Gasteiger partial charge is 0.401 e. The van der Waals surface area contributed by atoms with E-state index in [2.05, 4.69) is 10.1 Å². The van der Waals surface area contributed by atoms with Crippen molar-refractivity contribution in [2.24, 2.45) is 0 Å². The second-order valence-corrected chi connectivity index (χ2v) is 4.83. The summed E-state index contributed by atoms with van der Waals surface area (Å²) in [7, 11) is 3.08. The first kappa shape index (κ1) is 15.2. The number of halogens is 3. The van der Waals surface area contributed by atoms with Crippen molar-refractivity contribution in [1.82, 2.24) is 10.2 Å². The number of methoxy groups -OCH3 is 1. The molecule has 0 aliphatic carbocycles. The maximum atomic E-state index is 12.3. The van der Waals surface area contributed by atoms with E-state index >= 15 is 0 Å². The molecule has 0 amide bonds. The molecule has 0 aromatic rings. The third-order valence-corrected chi connectivity index (χ3v) is 3.49. The topological polar surface area (TPSA) is 41.6 Å². The molecule has 0 aromatic heterocycles. The van der Waals surface area contributed by atoms with Gasteiger partial charge >= 0.3 is 12.1 Å². The number of carbonyl (C=O) groups excluding carboxylic acids is 1. The fourth-order valence-corrected chi connectivity index (χ4v) is 2.23. The van der Waals surface area contributed by atoms with Crippen molar-refractivity contribution in [1.29, 1.82) is 0 Å². The van der Waals surface area contributed by atoms with Gasteiger partial charge in [0.1, 0.15) is 5.54 Å². The first-order chi connectivity index (χ1) is 8.20. The minimum absolute atomic E-state index is 0.0265. The Balaban J connectivity index is 2.80. The van der Waals surface area contributed by atoms with E-state index in [-0.39, 0.29) is 6.04 Å². The summed E-state index contributed by atoms with van der Waals surface area (Å²) < 4.78 is 41.5. The maximum absolute atomic E-state index is 12.3. The number of hydrogen-bond acceptors (Lipinski definition) is 4. The Morgan fingerprint density at radius 2 is 2.17 bits per heavy atom. The Kier molecular flexibility index (Phi) is 4.61. The van der Waals surface area contributed by atoms with Crippen molar-refractivity contribution in [2.45, 2.75) is 37.5 Å². The maximum Gasteiger partial charge on any atom is 0.401 e. The van der Waals surface area contributed by atoms with E-state index in [0.29, 0.717) is 19.4 Å². The molecule has 7 heteroatoms. The highest BCUT2D eigenvalue weighted by molar-refractivity contribution is 5.81. The Hall–Kier alpha value is -0.820. The Morgan fingerprint density at radius 1 is 1.56 bits per heavy atom. The molecule has 4 nitrogen and oxygen atoms in total. The standard InChI is InChI=1S/C11H19F3N2O2/c1-8-6-10(9(17)18-3,4-5-16(8)2)15-7-11(12,13)14/h8,15H,4-7H2,1-3H3. The van der Waals surface area contributed by atoms with Crippen LogP contribution in [0.4, 0.5) is 13.2 Å². The van der Waals surface area contributed by atoms with E-state index in [1.54, 1.807) is 0 Å². The van der Waals surface area contributed by atoms with Crippen molar-refractivity contribution in [3.05, 3.63) is 0 Å². The summed E-state index contributed by atoms with van der Waals surface area (Å²) in [4.78, 5) is 13.8. The number of hydrogen-bond donors (Lipinski definition) is 1. The van der Waals surface area contributed by atoms with Crippen molar-refractivity contribution in [3.8, 4) is 0 Å². The second kappa shape index (κ2) is 5.44. The number of piperidine rings is 1. The van der Waals surface area contributed by atoms with E-state index in [1.807, 2.05) is 18.9 Å². The molecule has 1 aliphatic rings. The highest BCUT2D eigenvalue weighted by atomic mass is 19.4. The van der Waals surface area contributed by atoms with Gasteiger partial charge in [0.25, 0.3) is 0 Å². The van der Waals surface area contributed by atoms with Gasteiger partial charge in [-0.15, -0.1) is 0 Å². The SMILES string of the molecule is COC(=O)C1(NCC(F)(F)F)CCN(C)C(C)C1. The van der Waals surface area contributed by atoms with Crippen LogP contribution < -0.4 is 5.32 Å². The van der Waals surface area contributed by atoms with E-state index in [9.17, 15) is 18.0 Å². The normalized spacial score (nSPS) is 30.2. The third-order valence-electron chi connectivity index (χ3n) is 3.49. The first-order valence-corrected chi connectivity index (χ1v) is 5.80. The summed E-state index contributed by atoms with van der Waals surface area (Å²) in [6.07, 6.45) is -3.71. The van der Waals surface area contributed by atoms with Crippen molar-refractivity contribution in [2.75, 3.05) is 27.2 Å². The molecule has 0 bridgehead atoms. The summed E-state index contributed by atoms with van der Waals surface area (Å²) >= 11 is 0. The lowest BCUT2D eigenvalue weighted by atomic mass is 9.83. The van der Waals surface area contributed by atoms with E-state index in [0.717, 1.165) is 0 Å². The lowest BCUT2D eigenvalue weighted by Crippen LogP contribution is -2.62. The lowest BCUT2D eigenvalue weighted by Gasteiger charge is -2.42. The zero-order chi connectivity index (χ0) is 14.0. The number of alkyl halides is 3. The molecular weight excluding hydrogens is 249 g/mol. The van der Waals surface area contributed by atoms with Crippen molar-refractivity contribution >= 4 is 5.97 Å². The van der Waals surface area contributed by atoms with Gasteiger partial charge in [0.2, 0.25) is 0 Å². The number of esters is 1. The monoisotopic (exact) mass is 268 g/mol. The number of carbonyl (C=O) groups is 1. The van der Waals surface area contributed by atoms with Crippen LogP contribution >= 0.6 is 0 Å². The molecule has 1 aliphatic heterocycles. The Labute approximate surface area is 104 Å². The number of likely N-dealkylation sites (tertiary alicyclic amines) is 1. The third kappa shape index (κ3) is 3.58. The number of nitrogens with zero attached hydrogens (tertiary/aromatic N) is 1. The molecule has 1 rings (SSSR count). The summed E-state index contributed by atoms with van der Waals surface area (Å²) in [5.41, 5.74) is -1.23. The fourth-order valence-electron chi connectivity index (χ4n) is 2.23. The molecule has 0 spiro atoms. The van der Waals surface area contributed by atoms with Gasteiger partial charge in [0.15, 0.2) is 0 Å². The van der Waals surface area contributed by atoms with Crippen LogP contribution in [-0.4, -0.2) is 55.9 Å². The summed E-state index contributed by atoms with van der Waals surface area (Å²) in [6.45, 7) is 1.26. The van der Waals surface area contributed by atoms with Gasteiger partial charge in [-0.05, 0) is 26.8 Å². The molecule has 1 saturated heterocycles. The van der Waals surface area contributed by atoms with Gasteiger partial charge in [0.05, 0.1) is 13.7 Å². The largest absolute Gasteiger partial charge is 0.468 e. The van der Waals surface area contributed by atoms with Crippen LogP contribution in [0.2, 0.25) is 0 Å². The van der Waals surface area contributed by atoms with Gasteiger partial charge in [-0.3, -0.25) is 10.1 Å². The average Bonchev–Trinajstić information content (AvgIpc) is 2.29. The average molecular weight is 268 g/mol. The van der Waals surface area contributed by atoms with E-state index in [1.165, 1.54) is 7.11 Å². The van der Waals surface area contributed by atoms with Gasteiger partial charge in [-0.1, -0.05) is 0 Å². The molecule has 0 radical (unpaired) electrons. The zero-order valence-electron chi connectivity index (χ0n) is 10.8. The first-order valence-electron chi connectivity index (χ1n) is 5.80. The second-order valence-electron chi connectivity index (χ2n) is 4.83. The molecule has 2 unspecified atom stereocenters. The molecule has 18 heavy (non-hydrogen) atoms. The minimum atomic E-state index is -4.34. The predicted octanol–water partition coefficient (Wildman–Crippen LogP) is 1.16. The molecule has 1 heterocycles. The highest BCUT2D eigenvalue weighted by Crippen LogP contribution is 2.28. The molecule has 0 saturated carbocycles. The quantitative estimate of drug-likeness (QED) is 0.780. The van der Waals surface area contributed by atoms with E-state index < -0.39 is 24.2 Å². The van der Waals surface area contributed by atoms with Gasteiger partial charge in [0, 0.05) is 12.6 Å². The van der Waals surface area contributed by atoms with Crippen LogP contribution in [0.3, 0.4) is 0 Å². The number of rotatable bonds is 3. The van der Waals surface area contributed by atoms with Crippen LogP contribution in [0, 0.1) is 0 Å². The molecule has 1 fully saturated rings. The predicted molar refractivity (Wildman–Crippen MR) is 60.1 cm³/mol. The summed E-state index contributed by atoms with van der Waals surface area (Å²) in [5, 5.41) is 2.35. The Bertz CT molecular complexity index is 309. The van der Waals surface area contributed by atoms with Gasteiger partial charge in [-0.25, -0.2) is 0 Å². The zero-order valence-corrected chi connectivity index (χ0v) is 10.8. The molecule has 106 valence electrons. The lowest BCUT2D eigenvalue weighted by molar-refractivity contribution is -0.157. The summed E-state index contributed by atoms with van der Waals surface area (Å²) in [6, 6.07) is 0.0265. The highest BCUT2D eigenvalue weighted by Gasteiger charge is 2.46. The minimum Gasteiger partial charge on any atom is -0.468 e. The van der Waals surface area contributed by atoms with Crippen LogP contribution in [0.5, 0.6) is 0 Å². The molecule has 0 aromatic carbocycles. The van der Waals surface area contributed by atoms with Crippen LogP contribution in [0.1, 0.15) is 19.8 Å². The van der Waals surface area contributed by atoms with Gasteiger partial charge in [-0.2, -0.15) is 13.2 Å². The van der Waals surface area contributed by atoms with Gasteiger partial charge < -0.3 is 9.64 Å². The van der Waals surface area contributed by atoms with Crippen LogP contribution in [0.25, 0.3) is 0 Å². The molecular formula is C11H19F3N2O2. The van der Waals surface area contributed by atoms with Crippen molar-refractivity contribution in [3.63, 3.8) is 0 Å². The van der Waals surface area contributed by atoms with Crippen molar-refractivity contribution < 1.29 is 22.7 Å². The van der Waals surface area contributed by atoms with Crippen LogP contribution in [-0.2, 0) is 9.53 Å². The number of ether oxygens (including phenoxy) is 1. The van der Waals surface area contributed by atoms with Crippen LogP contribution in [0.15, 0.2) is 0 Å². The van der Waals surface area contributed by atoms with E-state index in [4.69, 9.17) is 0 Å². The fraction of sp³-hybridized carbons (Fsp3) is 0.909. The Morgan fingerprint density at radius 3 is 2.61 bits per heavy atom.